The molecule has 0 fully saturated rings. The summed E-state index contributed by atoms with van der Waals surface area (Å²) in [5, 5.41) is 0. The normalized spacial score (nSPS) is 12.5. The highest BCUT2D eigenvalue weighted by molar-refractivity contribution is 5.54. The lowest BCUT2D eigenvalue weighted by Crippen LogP contribution is -2.32. The van der Waals surface area contributed by atoms with Gasteiger partial charge in [-0.05, 0) is 38.5 Å². The van der Waals surface area contributed by atoms with Crippen LogP contribution in [0.25, 0.3) is 0 Å². The minimum absolute atomic E-state index is 0.239. The van der Waals surface area contributed by atoms with Crippen molar-refractivity contribution in [3.05, 3.63) is 24.0 Å². The fourth-order valence-electron chi connectivity index (χ4n) is 1.70. The second kappa shape index (κ2) is 5.01. The summed E-state index contributed by atoms with van der Waals surface area (Å²) >= 11 is 0. The van der Waals surface area contributed by atoms with E-state index >= 15 is 0 Å². The maximum atomic E-state index is 13.7. The van der Waals surface area contributed by atoms with E-state index in [-0.39, 0.29) is 5.82 Å². The Kier molecular flexibility index (Phi) is 3.95. The number of nitrogens with zero attached hydrogens (tertiary/aromatic N) is 1. The SMILES string of the molecule is CCC(C)N(CC)c1ccc(N)cc1F. The van der Waals surface area contributed by atoms with Gasteiger partial charge in [-0.15, -0.1) is 0 Å². The van der Waals surface area contributed by atoms with Crippen LogP contribution in [-0.4, -0.2) is 12.6 Å². The van der Waals surface area contributed by atoms with Crippen molar-refractivity contribution < 1.29 is 4.39 Å². The van der Waals surface area contributed by atoms with E-state index in [1.807, 2.05) is 6.92 Å². The molecular weight excluding hydrogens is 191 g/mol. The first-order chi connectivity index (χ1) is 7.10. The van der Waals surface area contributed by atoms with Gasteiger partial charge in [0, 0.05) is 18.3 Å². The number of rotatable bonds is 4. The van der Waals surface area contributed by atoms with E-state index in [1.54, 1.807) is 12.1 Å². The Morgan fingerprint density at radius 2 is 2.07 bits per heavy atom. The second-order valence-electron chi connectivity index (χ2n) is 3.75. The maximum absolute atomic E-state index is 13.7. The lowest BCUT2D eigenvalue weighted by molar-refractivity contribution is 0.584. The van der Waals surface area contributed by atoms with Gasteiger partial charge >= 0.3 is 0 Å². The van der Waals surface area contributed by atoms with Crippen LogP contribution in [0.15, 0.2) is 18.2 Å². The van der Waals surface area contributed by atoms with Crippen LogP contribution in [0.5, 0.6) is 0 Å². The second-order valence-corrected chi connectivity index (χ2v) is 3.75. The maximum Gasteiger partial charge on any atom is 0.148 e. The van der Waals surface area contributed by atoms with E-state index in [2.05, 4.69) is 18.7 Å². The molecule has 15 heavy (non-hydrogen) atoms. The van der Waals surface area contributed by atoms with Gasteiger partial charge in [0.15, 0.2) is 0 Å². The van der Waals surface area contributed by atoms with Crippen molar-refractivity contribution in [2.45, 2.75) is 33.2 Å². The van der Waals surface area contributed by atoms with E-state index in [9.17, 15) is 4.39 Å². The molecule has 1 rings (SSSR count). The smallest absolute Gasteiger partial charge is 0.148 e. The highest BCUT2D eigenvalue weighted by Crippen LogP contribution is 2.23. The fourth-order valence-corrected chi connectivity index (χ4v) is 1.70. The van der Waals surface area contributed by atoms with Crippen LogP contribution in [0.1, 0.15) is 27.2 Å². The zero-order valence-electron chi connectivity index (χ0n) is 9.63. The number of hydrogen-bond acceptors (Lipinski definition) is 2. The van der Waals surface area contributed by atoms with Gasteiger partial charge in [-0.3, -0.25) is 0 Å². The predicted octanol–water partition coefficient (Wildman–Crippen LogP) is 3.03. The molecule has 0 aliphatic rings. The number of nitrogens with two attached hydrogens (primary N) is 1. The molecule has 0 bridgehead atoms. The zero-order chi connectivity index (χ0) is 11.4. The van der Waals surface area contributed by atoms with Gasteiger partial charge in [0.1, 0.15) is 5.82 Å². The lowest BCUT2D eigenvalue weighted by Gasteiger charge is -2.29. The Hall–Kier alpha value is -1.25. The third-order valence-corrected chi connectivity index (χ3v) is 2.74. The minimum atomic E-state index is -0.239. The standard InChI is InChI=1S/C12H19FN2/c1-4-9(3)15(5-2)12-7-6-10(14)8-11(12)13/h6-9H,4-5,14H2,1-3H3. The number of hydrogen-bond donors (Lipinski definition) is 1. The van der Waals surface area contributed by atoms with Gasteiger partial charge in [0.25, 0.3) is 0 Å². The van der Waals surface area contributed by atoms with Gasteiger partial charge in [-0.25, -0.2) is 4.39 Å². The van der Waals surface area contributed by atoms with E-state index < -0.39 is 0 Å². The van der Waals surface area contributed by atoms with Crippen molar-refractivity contribution in [3.63, 3.8) is 0 Å². The van der Waals surface area contributed by atoms with Crippen molar-refractivity contribution in [1.29, 1.82) is 0 Å². The molecule has 0 saturated heterocycles. The topological polar surface area (TPSA) is 29.3 Å². The molecule has 0 saturated carbocycles. The quantitative estimate of drug-likeness (QED) is 0.774. The minimum Gasteiger partial charge on any atom is -0.399 e. The molecule has 3 heteroatoms. The largest absolute Gasteiger partial charge is 0.399 e. The molecule has 1 aromatic rings. The lowest BCUT2D eigenvalue weighted by atomic mass is 10.1. The van der Waals surface area contributed by atoms with Crippen molar-refractivity contribution >= 4 is 11.4 Å². The summed E-state index contributed by atoms with van der Waals surface area (Å²) in [5.41, 5.74) is 6.63. The van der Waals surface area contributed by atoms with Crippen LogP contribution in [0.2, 0.25) is 0 Å². The molecule has 0 aromatic heterocycles. The highest BCUT2D eigenvalue weighted by Gasteiger charge is 2.14. The Balaban J connectivity index is 3.01. The van der Waals surface area contributed by atoms with E-state index in [0.717, 1.165) is 13.0 Å². The van der Waals surface area contributed by atoms with Gasteiger partial charge in [0.05, 0.1) is 5.69 Å². The van der Waals surface area contributed by atoms with Gasteiger partial charge < -0.3 is 10.6 Å². The fraction of sp³-hybridized carbons (Fsp3) is 0.500. The molecule has 1 atom stereocenters. The predicted molar refractivity (Wildman–Crippen MR) is 63.6 cm³/mol. The first kappa shape index (κ1) is 11.8. The molecule has 1 aromatic carbocycles. The summed E-state index contributed by atoms with van der Waals surface area (Å²) < 4.78 is 13.7. The van der Waals surface area contributed by atoms with Crippen LogP contribution < -0.4 is 10.6 Å². The molecule has 2 N–H and O–H groups in total. The Morgan fingerprint density at radius 1 is 1.40 bits per heavy atom. The highest BCUT2D eigenvalue weighted by atomic mass is 19.1. The first-order valence-electron chi connectivity index (χ1n) is 5.41. The van der Waals surface area contributed by atoms with Crippen LogP contribution in [0.3, 0.4) is 0 Å². The number of halogens is 1. The Labute approximate surface area is 90.9 Å². The summed E-state index contributed by atoms with van der Waals surface area (Å²) in [6, 6.07) is 5.21. The van der Waals surface area contributed by atoms with Crippen LogP contribution in [0, 0.1) is 5.82 Å². The molecule has 0 aliphatic carbocycles. The number of benzene rings is 1. The Morgan fingerprint density at radius 3 is 2.53 bits per heavy atom. The average Bonchev–Trinajstić information content (AvgIpc) is 2.21. The van der Waals surface area contributed by atoms with Gasteiger partial charge in [0.2, 0.25) is 0 Å². The van der Waals surface area contributed by atoms with Gasteiger partial charge in [-0.2, -0.15) is 0 Å². The van der Waals surface area contributed by atoms with Crippen molar-refractivity contribution in [2.24, 2.45) is 0 Å². The van der Waals surface area contributed by atoms with Crippen molar-refractivity contribution in [3.8, 4) is 0 Å². The molecule has 0 amide bonds. The molecular formula is C12H19FN2. The van der Waals surface area contributed by atoms with E-state index in [4.69, 9.17) is 5.73 Å². The number of nitrogen functional groups attached to an aromatic ring is 1. The molecule has 0 heterocycles. The summed E-state index contributed by atoms with van der Waals surface area (Å²) in [7, 11) is 0. The Bertz CT molecular complexity index is 325. The van der Waals surface area contributed by atoms with Crippen molar-refractivity contribution in [1.82, 2.24) is 0 Å². The van der Waals surface area contributed by atoms with Crippen LogP contribution in [-0.2, 0) is 0 Å². The molecule has 0 radical (unpaired) electrons. The first-order valence-corrected chi connectivity index (χ1v) is 5.41. The van der Waals surface area contributed by atoms with Crippen molar-refractivity contribution in [2.75, 3.05) is 17.2 Å². The average molecular weight is 210 g/mol. The molecule has 2 nitrogen and oxygen atoms in total. The van der Waals surface area contributed by atoms with Crippen LogP contribution in [0.4, 0.5) is 15.8 Å². The van der Waals surface area contributed by atoms with E-state index in [0.29, 0.717) is 17.4 Å². The summed E-state index contributed by atoms with van der Waals surface area (Å²) in [4.78, 5) is 2.05. The third-order valence-electron chi connectivity index (χ3n) is 2.74. The molecule has 0 aliphatic heterocycles. The summed E-state index contributed by atoms with van der Waals surface area (Å²) in [6.45, 7) is 7.03. The third kappa shape index (κ3) is 2.61. The summed E-state index contributed by atoms with van der Waals surface area (Å²) in [5.74, 6) is -0.239. The molecule has 1 unspecified atom stereocenters. The monoisotopic (exact) mass is 210 g/mol. The zero-order valence-corrected chi connectivity index (χ0v) is 9.63. The van der Waals surface area contributed by atoms with Crippen LogP contribution >= 0.6 is 0 Å². The number of anilines is 2. The molecule has 0 spiro atoms. The van der Waals surface area contributed by atoms with E-state index in [1.165, 1.54) is 6.07 Å². The summed E-state index contributed by atoms with van der Waals surface area (Å²) in [6.07, 6.45) is 0.998. The van der Waals surface area contributed by atoms with Gasteiger partial charge in [-0.1, -0.05) is 6.92 Å². The molecule has 84 valence electrons.